The van der Waals surface area contributed by atoms with Crippen molar-refractivity contribution in [2.24, 2.45) is 0 Å². The smallest absolute Gasteiger partial charge is 0.146 e. The third-order valence-electron chi connectivity index (χ3n) is 4.27. The lowest BCUT2D eigenvalue weighted by molar-refractivity contribution is -0.104. The van der Waals surface area contributed by atoms with Gasteiger partial charge >= 0.3 is 0 Å². The normalized spacial score (nSPS) is 14.8. The van der Waals surface area contributed by atoms with E-state index in [1.807, 2.05) is 56.3 Å². The molecule has 4 nitrogen and oxygen atoms in total. The fourth-order valence-electron chi connectivity index (χ4n) is 3.18. The van der Waals surface area contributed by atoms with E-state index < -0.39 is 0 Å². The van der Waals surface area contributed by atoms with Gasteiger partial charge in [0.25, 0.3) is 0 Å². The molecule has 0 aromatic heterocycles. The monoisotopic (exact) mass is 359 g/mol. The van der Waals surface area contributed by atoms with Gasteiger partial charge in [-0.3, -0.25) is 4.79 Å². The van der Waals surface area contributed by atoms with Gasteiger partial charge < -0.3 is 15.2 Å². The van der Waals surface area contributed by atoms with Gasteiger partial charge in [-0.2, -0.15) is 0 Å². The molecule has 0 aliphatic carbocycles. The summed E-state index contributed by atoms with van der Waals surface area (Å²) in [6, 6.07) is 11.4. The van der Waals surface area contributed by atoms with Crippen molar-refractivity contribution in [3.63, 3.8) is 0 Å². The number of aldehydes is 1. The van der Waals surface area contributed by atoms with Gasteiger partial charge in [-0.15, -0.1) is 0 Å². The molecule has 1 aliphatic heterocycles. The van der Waals surface area contributed by atoms with Gasteiger partial charge in [0, 0.05) is 34.5 Å². The van der Waals surface area contributed by atoms with Gasteiger partial charge in [0.2, 0.25) is 0 Å². The second-order valence-electron chi connectivity index (χ2n) is 6.07. The van der Waals surface area contributed by atoms with Crippen molar-refractivity contribution in [2.45, 2.75) is 13.8 Å². The molecule has 2 N–H and O–H groups in total. The summed E-state index contributed by atoms with van der Waals surface area (Å²) in [7, 11) is 0. The maximum Gasteiger partial charge on any atom is 0.146 e. The van der Waals surface area contributed by atoms with Gasteiger partial charge in [0.1, 0.15) is 23.5 Å². The number of rotatable bonds is 5. The number of allylic oxidation sites excluding steroid dienone is 3. The van der Waals surface area contributed by atoms with Crippen LogP contribution in [0.4, 0.5) is 5.69 Å². The van der Waals surface area contributed by atoms with Gasteiger partial charge in [-0.25, -0.2) is 0 Å². The van der Waals surface area contributed by atoms with E-state index in [0.29, 0.717) is 22.9 Å². The Balaban J connectivity index is 2.34. The maximum atomic E-state index is 11.2. The number of anilines is 1. The van der Waals surface area contributed by atoms with Gasteiger partial charge in [-0.05, 0) is 49.2 Å². The molecule has 1 heterocycles. The number of ether oxygens (including phenoxy) is 2. The van der Waals surface area contributed by atoms with E-state index in [0.717, 1.165) is 34.1 Å². The number of benzene rings is 2. The molecule has 0 radical (unpaired) electrons. The molecule has 0 fully saturated rings. The molecule has 0 unspecified atom stereocenters. The van der Waals surface area contributed by atoms with Crippen LogP contribution in [0.5, 0.6) is 11.5 Å². The van der Waals surface area contributed by atoms with Gasteiger partial charge in [0.05, 0.1) is 6.26 Å². The van der Waals surface area contributed by atoms with E-state index in [9.17, 15) is 4.79 Å². The largest absolute Gasteiger partial charge is 0.465 e. The molecule has 2 aromatic carbocycles. The summed E-state index contributed by atoms with van der Waals surface area (Å²) in [4.78, 5) is 11.2. The third kappa shape index (κ3) is 3.55. The molecule has 0 saturated heterocycles. The van der Waals surface area contributed by atoms with Crippen molar-refractivity contribution in [1.29, 1.82) is 0 Å². The number of hydrogen-bond donors (Lipinski definition) is 1. The van der Waals surface area contributed by atoms with Crippen LogP contribution in [0.3, 0.4) is 0 Å². The van der Waals surface area contributed by atoms with Crippen molar-refractivity contribution in [3.05, 3.63) is 95.5 Å². The second kappa shape index (κ2) is 7.79. The molecule has 0 atom stereocenters. The Hall–Kier alpha value is -3.53. The van der Waals surface area contributed by atoms with Crippen LogP contribution in [0, 0.1) is 6.92 Å². The number of carbonyl (C=O) groups is 1. The number of carbonyl (C=O) groups excluding carboxylic acids is 1. The molecule has 136 valence electrons. The van der Waals surface area contributed by atoms with Crippen molar-refractivity contribution in [3.8, 4) is 11.5 Å². The standard InChI is InChI=1S/C23H21NO3/c1-4-6-19-21(11-12-25)27-22-14-17(26-5-2)8-10-20(22)23(19)18-9-7-16(24)13-15(18)3/h4-14H,2,24H2,1,3H3/b6-4-,21-11+. The van der Waals surface area contributed by atoms with E-state index in [-0.39, 0.29) is 0 Å². The molecule has 0 bridgehead atoms. The summed E-state index contributed by atoms with van der Waals surface area (Å²) in [5.41, 5.74) is 11.4. The molecule has 0 amide bonds. The third-order valence-corrected chi connectivity index (χ3v) is 4.27. The summed E-state index contributed by atoms with van der Waals surface area (Å²) in [6.45, 7) is 7.52. The lowest BCUT2D eigenvalue weighted by atomic mass is 9.87. The van der Waals surface area contributed by atoms with E-state index in [4.69, 9.17) is 15.2 Å². The summed E-state index contributed by atoms with van der Waals surface area (Å²) >= 11 is 0. The first-order valence-electron chi connectivity index (χ1n) is 8.58. The molecule has 4 heteroatoms. The van der Waals surface area contributed by atoms with Crippen LogP contribution in [0.25, 0.3) is 5.57 Å². The second-order valence-corrected chi connectivity index (χ2v) is 6.07. The van der Waals surface area contributed by atoms with Gasteiger partial charge in [-0.1, -0.05) is 24.8 Å². The first-order valence-corrected chi connectivity index (χ1v) is 8.58. The zero-order chi connectivity index (χ0) is 19.4. The number of hydrogen-bond acceptors (Lipinski definition) is 4. The average molecular weight is 359 g/mol. The minimum absolute atomic E-state index is 0.484. The number of nitrogen functional groups attached to an aromatic ring is 1. The Morgan fingerprint density at radius 3 is 2.59 bits per heavy atom. The fraction of sp³-hybridized carbons (Fsp3) is 0.0870. The van der Waals surface area contributed by atoms with Crippen LogP contribution in [-0.4, -0.2) is 6.29 Å². The first kappa shape index (κ1) is 18.3. The summed E-state index contributed by atoms with van der Waals surface area (Å²) in [6.07, 6.45) is 7.37. The molecular formula is C23H21NO3. The highest BCUT2D eigenvalue weighted by atomic mass is 16.5. The Labute approximate surface area is 158 Å². The van der Waals surface area contributed by atoms with Crippen LogP contribution in [0.1, 0.15) is 23.6 Å². The summed E-state index contributed by atoms with van der Waals surface area (Å²) in [5.74, 6) is 1.71. The Morgan fingerprint density at radius 2 is 1.93 bits per heavy atom. The van der Waals surface area contributed by atoms with E-state index in [1.54, 1.807) is 6.07 Å². The summed E-state index contributed by atoms with van der Waals surface area (Å²) < 4.78 is 11.4. The van der Waals surface area contributed by atoms with Crippen molar-refractivity contribution in [2.75, 3.05) is 5.73 Å². The van der Waals surface area contributed by atoms with Crippen LogP contribution in [0.15, 0.2) is 78.8 Å². The Kier molecular flexibility index (Phi) is 5.27. The van der Waals surface area contributed by atoms with E-state index >= 15 is 0 Å². The molecule has 1 aliphatic rings. The highest BCUT2D eigenvalue weighted by Crippen LogP contribution is 2.44. The SMILES string of the molecule is C=COc1ccc2c(c1)O/C(=C/C=O)C(/C=C\C)=C2c1ccc(N)cc1C. The quantitative estimate of drug-likeness (QED) is 0.355. The predicted molar refractivity (Wildman–Crippen MR) is 108 cm³/mol. The van der Waals surface area contributed by atoms with Crippen molar-refractivity contribution >= 4 is 17.5 Å². The number of nitrogens with two attached hydrogens (primary N) is 1. The predicted octanol–water partition coefficient (Wildman–Crippen LogP) is 4.95. The molecule has 2 aromatic rings. The first-order chi connectivity index (χ1) is 13.1. The lowest BCUT2D eigenvalue weighted by Gasteiger charge is -2.26. The van der Waals surface area contributed by atoms with Crippen LogP contribution >= 0.6 is 0 Å². The molecule has 3 rings (SSSR count). The number of fused-ring (bicyclic) bond motifs is 1. The van der Waals surface area contributed by atoms with Crippen molar-refractivity contribution in [1.82, 2.24) is 0 Å². The highest BCUT2D eigenvalue weighted by molar-refractivity contribution is 5.92. The molecule has 0 spiro atoms. The highest BCUT2D eigenvalue weighted by Gasteiger charge is 2.25. The average Bonchev–Trinajstić information content (AvgIpc) is 2.63. The number of aryl methyl sites for hydroxylation is 1. The molecular weight excluding hydrogens is 338 g/mol. The topological polar surface area (TPSA) is 61.5 Å². The van der Waals surface area contributed by atoms with Gasteiger partial charge in [0.15, 0.2) is 0 Å². The minimum Gasteiger partial charge on any atom is -0.465 e. The van der Waals surface area contributed by atoms with E-state index in [1.165, 1.54) is 12.3 Å². The van der Waals surface area contributed by atoms with E-state index in [2.05, 4.69) is 6.58 Å². The Bertz CT molecular complexity index is 997. The molecule has 27 heavy (non-hydrogen) atoms. The maximum absolute atomic E-state index is 11.2. The lowest BCUT2D eigenvalue weighted by Crippen LogP contribution is -2.11. The Morgan fingerprint density at radius 1 is 1.15 bits per heavy atom. The zero-order valence-corrected chi connectivity index (χ0v) is 15.4. The van der Waals surface area contributed by atoms with Crippen LogP contribution < -0.4 is 15.2 Å². The van der Waals surface area contributed by atoms with Crippen LogP contribution in [0.2, 0.25) is 0 Å². The fourth-order valence-corrected chi connectivity index (χ4v) is 3.18. The minimum atomic E-state index is 0.484. The zero-order valence-electron chi connectivity index (χ0n) is 15.4. The van der Waals surface area contributed by atoms with Crippen molar-refractivity contribution < 1.29 is 14.3 Å². The van der Waals surface area contributed by atoms with Crippen LogP contribution in [-0.2, 0) is 4.79 Å². The molecule has 0 saturated carbocycles. The summed E-state index contributed by atoms with van der Waals surface area (Å²) in [5, 5.41) is 0.